The van der Waals surface area contributed by atoms with Gasteiger partial charge in [-0.1, -0.05) is 42.5 Å². The maximum Gasteiger partial charge on any atom is 0.410 e. The van der Waals surface area contributed by atoms with E-state index >= 15 is 0 Å². The van der Waals surface area contributed by atoms with Gasteiger partial charge in [0.25, 0.3) is 0 Å². The van der Waals surface area contributed by atoms with Crippen LogP contribution in [0.15, 0.2) is 54.6 Å². The summed E-state index contributed by atoms with van der Waals surface area (Å²) in [6, 6.07) is 16.0. The Kier molecular flexibility index (Phi) is 8.21. The minimum atomic E-state index is -0.718. The lowest BCUT2D eigenvalue weighted by Crippen LogP contribution is -2.41. The summed E-state index contributed by atoms with van der Waals surface area (Å²) in [7, 11) is 1.30. The number of piperidine rings is 1. The van der Waals surface area contributed by atoms with Crippen LogP contribution in [0.2, 0.25) is 0 Å². The Morgan fingerprint density at radius 2 is 1.69 bits per heavy atom. The van der Waals surface area contributed by atoms with Crippen LogP contribution in [0, 0.1) is 5.92 Å². The Hall–Kier alpha value is -3.39. The number of anilines is 1. The van der Waals surface area contributed by atoms with Crippen LogP contribution in [0.4, 0.5) is 10.5 Å². The quantitative estimate of drug-likeness (QED) is 0.642. The standard InChI is InChI=1S/C24H29N3O5/c1-31-23(29)21(25)15-17-7-9-20(10-8-17)26-22(28)19-11-13-27(14-12-19)24(30)32-16-18-5-3-2-4-6-18/h2-10,19,21H,11-16,25H2,1H3,(H,26,28)/t21-/m0/s1. The van der Waals surface area contributed by atoms with Crippen LogP contribution in [0.1, 0.15) is 24.0 Å². The summed E-state index contributed by atoms with van der Waals surface area (Å²) in [6.07, 6.45) is 1.17. The van der Waals surface area contributed by atoms with E-state index in [2.05, 4.69) is 10.1 Å². The average molecular weight is 440 g/mol. The highest BCUT2D eigenvalue weighted by molar-refractivity contribution is 5.92. The lowest BCUT2D eigenvalue weighted by molar-refractivity contribution is -0.142. The number of nitrogens with two attached hydrogens (primary N) is 1. The van der Waals surface area contributed by atoms with Crippen molar-refractivity contribution in [1.82, 2.24) is 4.90 Å². The number of benzene rings is 2. The molecule has 2 aromatic carbocycles. The summed E-state index contributed by atoms with van der Waals surface area (Å²) in [5.41, 5.74) is 8.27. The number of nitrogens with zero attached hydrogens (tertiary/aromatic N) is 1. The number of hydrogen-bond donors (Lipinski definition) is 2. The largest absolute Gasteiger partial charge is 0.468 e. The van der Waals surface area contributed by atoms with Crippen molar-refractivity contribution in [3.05, 3.63) is 65.7 Å². The summed E-state index contributed by atoms with van der Waals surface area (Å²) in [5.74, 6) is -0.695. The monoisotopic (exact) mass is 439 g/mol. The summed E-state index contributed by atoms with van der Waals surface area (Å²) in [4.78, 5) is 38.0. The van der Waals surface area contributed by atoms with Crippen molar-refractivity contribution >= 4 is 23.7 Å². The van der Waals surface area contributed by atoms with Crippen molar-refractivity contribution in [3.8, 4) is 0 Å². The van der Waals surface area contributed by atoms with Crippen molar-refractivity contribution in [2.24, 2.45) is 11.7 Å². The molecular formula is C24H29N3O5. The molecule has 1 heterocycles. The highest BCUT2D eigenvalue weighted by atomic mass is 16.6. The predicted molar refractivity (Wildman–Crippen MR) is 120 cm³/mol. The number of esters is 1. The molecule has 1 aliphatic rings. The Morgan fingerprint density at radius 3 is 2.31 bits per heavy atom. The smallest absolute Gasteiger partial charge is 0.410 e. The average Bonchev–Trinajstić information content (AvgIpc) is 2.83. The molecule has 3 N–H and O–H groups in total. The second-order valence-electron chi connectivity index (χ2n) is 7.82. The molecule has 1 fully saturated rings. The van der Waals surface area contributed by atoms with Crippen LogP contribution in [-0.4, -0.2) is 49.1 Å². The van der Waals surface area contributed by atoms with Crippen LogP contribution in [0.25, 0.3) is 0 Å². The Morgan fingerprint density at radius 1 is 1.03 bits per heavy atom. The number of nitrogens with one attached hydrogen (secondary N) is 1. The second-order valence-corrected chi connectivity index (χ2v) is 7.82. The van der Waals surface area contributed by atoms with Crippen molar-refractivity contribution in [2.75, 3.05) is 25.5 Å². The Bertz CT molecular complexity index is 909. The fraction of sp³-hybridized carbons (Fsp3) is 0.375. The first kappa shape index (κ1) is 23.3. The number of carbonyl (C=O) groups is 3. The fourth-order valence-corrected chi connectivity index (χ4v) is 3.59. The molecule has 1 aliphatic heterocycles. The van der Waals surface area contributed by atoms with E-state index in [4.69, 9.17) is 10.5 Å². The number of ether oxygens (including phenoxy) is 2. The lowest BCUT2D eigenvalue weighted by atomic mass is 9.96. The van der Waals surface area contributed by atoms with Crippen LogP contribution in [0.3, 0.4) is 0 Å². The van der Waals surface area contributed by atoms with E-state index in [1.807, 2.05) is 42.5 Å². The molecule has 8 heteroatoms. The van der Waals surface area contributed by atoms with Gasteiger partial charge < -0.3 is 25.4 Å². The lowest BCUT2D eigenvalue weighted by Gasteiger charge is -2.30. The van der Waals surface area contributed by atoms with Gasteiger partial charge in [0, 0.05) is 24.7 Å². The minimum absolute atomic E-state index is 0.0682. The van der Waals surface area contributed by atoms with E-state index in [0.717, 1.165) is 11.1 Å². The highest BCUT2D eigenvalue weighted by Crippen LogP contribution is 2.21. The molecule has 0 aliphatic carbocycles. The third kappa shape index (κ3) is 6.55. The normalized spacial score (nSPS) is 15.0. The minimum Gasteiger partial charge on any atom is -0.468 e. The molecule has 0 spiro atoms. The number of likely N-dealkylation sites (tertiary alicyclic amines) is 1. The predicted octanol–water partition coefficient (Wildman–Crippen LogP) is 2.72. The summed E-state index contributed by atoms with van der Waals surface area (Å²) in [6.45, 7) is 1.20. The van der Waals surface area contributed by atoms with Gasteiger partial charge >= 0.3 is 12.1 Å². The fourth-order valence-electron chi connectivity index (χ4n) is 3.59. The van der Waals surface area contributed by atoms with E-state index in [-0.39, 0.29) is 24.5 Å². The second kappa shape index (κ2) is 11.3. The van der Waals surface area contributed by atoms with E-state index in [9.17, 15) is 14.4 Å². The van der Waals surface area contributed by atoms with E-state index < -0.39 is 12.0 Å². The highest BCUT2D eigenvalue weighted by Gasteiger charge is 2.28. The van der Waals surface area contributed by atoms with Crippen LogP contribution >= 0.6 is 0 Å². The number of carbonyl (C=O) groups excluding carboxylic acids is 3. The summed E-state index contributed by atoms with van der Waals surface area (Å²) in [5, 5.41) is 2.92. The van der Waals surface area contributed by atoms with Crippen molar-refractivity contribution in [1.29, 1.82) is 0 Å². The molecule has 0 radical (unpaired) electrons. The maximum atomic E-state index is 12.6. The molecule has 0 saturated carbocycles. The summed E-state index contributed by atoms with van der Waals surface area (Å²) < 4.78 is 10.00. The molecule has 0 aromatic heterocycles. The molecule has 8 nitrogen and oxygen atoms in total. The molecule has 170 valence electrons. The van der Waals surface area contributed by atoms with Gasteiger partial charge in [-0.25, -0.2) is 4.79 Å². The van der Waals surface area contributed by atoms with Gasteiger partial charge in [0.1, 0.15) is 12.6 Å². The number of methoxy groups -OCH3 is 1. The van der Waals surface area contributed by atoms with Gasteiger partial charge in [-0.3, -0.25) is 9.59 Å². The van der Waals surface area contributed by atoms with Gasteiger partial charge in [-0.15, -0.1) is 0 Å². The molecule has 0 bridgehead atoms. The Balaban J connectivity index is 1.42. The zero-order valence-electron chi connectivity index (χ0n) is 18.2. The third-order valence-electron chi connectivity index (χ3n) is 5.51. The van der Waals surface area contributed by atoms with Crippen LogP contribution < -0.4 is 11.1 Å². The molecule has 1 saturated heterocycles. The molecule has 2 aromatic rings. The molecule has 1 atom stereocenters. The first-order chi connectivity index (χ1) is 15.5. The zero-order valence-corrected chi connectivity index (χ0v) is 18.2. The molecular weight excluding hydrogens is 410 g/mol. The third-order valence-corrected chi connectivity index (χ3v) is 5.51. The van der Waals surface area contributed by atoms with Gasteiger partial charge in [0.15, 0.2) is 0 Å². The first-order valence-corrected chi connectivity index (χ1v) is 10.6. The van der Waals surface area contributed by atoms with Gasteiger partial charge in [-0.2, -0.15) is 0 Å². The molecule has 2 amide bonds. The zero-order chi connectivity index (χ0) is 22.9. The van der Waals surface area contributed by atoms with E-state index in [1.165, 1.54) is 7.11 Å². The van der Waals surface area contributed by atoms with E-state index in [1.54, 1.807) is 17.0 Å². The van der Waals surface area contributed by atoms with Crippen LogP contribution in [-0.2, 0) is 32.1 Å². The maximum absolute atomic E-state index is 12.6. The molecule has 0 unspecified atom stereocenters. The van der Waals surface area contributed by atoms with Crippen molar-refractivity contribution < 1.29 is 23.9 Å². The SMILES string of the molecule is COC(=O)[C@@H](N)Cc1ccc(NC(=O)C2CCN(C(=O)OCc3ccccc3)CC2)cc1. The number of rotatable bonds is 7. The number of amides is 2. The van der Waals surface area contributed by atoms with Crippen molar-refractivity contribution in [2.45, 2.75) is 31.9 Å². The van der Waals surface area contributed by atoms with Crippen LogP contribution in [0.5, 0.6) is 0 Å². The topological polar surface area (TPSA) is 111 Å². The van der Waals surface area contributed by atoms with Crippen molar-refractivity contribution in [3.63, 3.8) is 0 Å². The Labute approximate surface area is 187 Å². The van der Waals surface area contributed by atoms with E-state index in [0.29, 0.717) is 38.0 Å². The van der Waals surface area contributed by atoms with Gasteiger partial charge in [-0.05, 0) is 42.5 Å². The molecule has 32 heavy (non-hydrogen) atoms. The number of hydrogen-bond acceptors (Lipinski definition) is 6. The van der Waals surface area contributed by atoms with Gasteiger partial charge in [0.05, 0.1) is 7.11 Å². The molecule has 3 rings (SSSR count). The van der Waals surface area contributed by atoms with Gasteiger partial charge in [0.2, 0.25) is 5.91 Å². The summed E-state index contributed by atoms with van der Waals surface area (Å²) >= 11 is 0. The first-order valence-electron chi connectivity index (χ1n) is 10.6.